The summed E-state index contributed by atoms with van der Waals surface area (Å²) in [6.45, 7) is 4.95. The quantitative estimate of drug-likeness (QED) is 0.851. The third kappa shape index (κ3) is 2.54. The maximum Gasteiger partial charge on any atom is 0.192 e. The Morgan fingerprint density at radius 1 is 1.44 bits per heavy atom. The summed E-state index contributed by atoms with van der Waals surface area (Å²) in [6.07, 6.45) is 1.05. The lowest BCUT2D eigenvalue weighted by atomic mass is 9.91. The van der Waals surface area contributed by atoms with Gasteiger partial charge in [-0.3, -0.25) is 0 Å². The van der Waals surface area contributed by atoms with Gasteiger partial charge in [-0.05, 0) is 37.2 Å². The van der Waals surface area contributed by atoms with Crippen LogP contribution in [0.5, 0.6) is 0 Å². The van der Waals surface area contributed by atoms with Gasteiger partial charge in [-0.1, -0.05) is 19.4 Å². The van der Waals surface area contributed by atoms with Crippen LogP contribution in [-0.2, 0) is 0 Å². The molecule has 0 saturated heterocycles. The number of hydrogen-bond acceptors (Lipinski definition) is 4. The van der Waals surface area contributed by atoms with Crippen LogP contribution in [0.4, 0.5) is 0 Å². The van der Waals surface area contributed by atoms with Crippen molar-refractivity contribution in [2.75, 3.05) is 13.6 Å². The molecule has 0 amide bonds. The molecular weight excluding hydrogens is 226 g/mol. The Labute approximate surface area is 108 Å². The van der Waals surface area contributed by atoms with Crippen LogP contribution in [-0.4, -0.2) is 18.6 Å². The van der Waals surface area contributed by atoms with Crippen LogP contribution in [0.15, 0.2) is 22.6 Å². The van der Waals surface area contributed by atoms with Gasteiger partial charge in [-0.15, -0.1) is 0 Å². The summed E-state index contributed by atoms with van der Waals surface area (Å²) < 4.78 is 5.47. The van der Waals surface area contributed by atoms with E-state index in [0.717, 1.165) is 29.6 Å². The third-order valence-corrected chi connectivity index (χ3v) is 3.40. The summed E-state index contributed by atoms with van der Waals surface area (Å²) in [7, 11) is 1.96. The average molecular weight is 247 g/mol. The summed E-state index contributed by atoms with van der Waals surface area (Å²) in [5.74, 6) is 1.12. The fraction of sp³-hybridized carbons (Fsp3) is 0.500. The lowest BCUT2D eigenvalue weighted by molar-refractivity contribution is 0.403. The number of oxazole rings is 1. The second-order valence-electron chi connectivity index (χ2n) is 4.71. The van der Waals surface area contributed by atoms with E-state index in [4.69, 9.17) is 10.2 Å². The van der Waals surface area contributed by atoms with Crippen molar-refractivity contribution in [3.05, 3.63) is 29.7 Å². The van der Waals surface area contributed by atoms with Gasteiger partial charge in [0.05, 0.1) is 0 Å². The first-order valence-electron chi connectivity index (χ1n) is 6.43. The average Bonchev–Trinajstić information content (AvgIpc) is 2.74. The van der Waals surface area contributed by atoms with Crippen LogP contribution in [0.25, 0.3) is 11.1 Å². The van der Waals surface area contributed by atoms with Crippen LogP contribution in [0, 0.1) is 12.8 Å². The highest BCUT2D eigenvalue weighted by Crippen LogP contribution is 2.25. The molecule has 1 aromatic carbocycles. The zero-order valence-electron chi connectivity index (χ0n) is 11.2. The molecule has 2 unspecified atom stereocenters. The predicted molar refractivity (Wildman–Crippen MR) is 73.4 cm³/mol. The molecule has 98 valence electrons. The minimum Gasteiger partial charge on any atom is -0.441 e. The number of nitrogens with two attached hydrogens (primary N) is 1. The molecule has 2 rings (SSSR count). The lowest BCUT2D eigenvalue weighted by Gasteiger charge is -2.22. The van der Waals surface area contributed by atoms with Gasteiger partial charge in [0, 0.05) is 13.0 Å². The third-order valence-electron chi connectivity index (χ3n) is 3.40. The second kappa shape index (κ2) is 5.50. The monoisotopic (exact) mass is 247 g/mol. The number of aryl methyl sites for hydroxylation is 1. The molecule has 4 nitrogen and oxygen atoms in total. The molecule has 0 aliphatic rings. The standard InChI is InChI=1S/C14H21N3O/c1-4-10(8-16-3)14(15)11-5-6-13-12(7-11)17-9(2)18-13/h5-7,10,14,16H,4,8,15H2,1-3H3. The second-order valence-corrected chi connectivity index (χ2v) is 4.71. The molecule has 4 heteroatoms. The van der Waals surface area contributed by atoms with Gasteiger partial charge < -0.3 is 15.5 Å². The van der Waals surface area contributed by atoms with Crippen molar-refractivity contribution in [3.8, 4) is 0 Å². The Bertz CT molecular complexity index is 521. The minimum absolute atomic E-state index is 0.0313. The largest absolute Gasteiger partial charge is 0.441 e. The van der Waals surface area contributed by atoms with Crippen molar-refractivity contribution >= 4 is 11.1 Å². The van der Waals surface area contributed by atoms with Gasteiger partial charge in [0.2, 0.25) is 0 Å². The molecule has 0 saturated carbocycles. The number of rotatable bonds is 5. The first-order valence-corrected chi connectivity index (χ1v) is 6.43. The van der Waals surface area contributed by atoms with Crippen molar-refractivity contribution in [1.82, 2.24) is 10.3 Å². The highest BCUT2D eigenvalue weighted by atomic mass is 16.3. The van der Waals surface area contributed by atoms with E-state index in [1.807, 2.05) is 32.2 Å². The number of hydrogen-bond donors (Lipinski definition) is 2. The molecule has 2 aromatic rings. The number of fused-ring (bicyclic) bond motifs is 1. The molecule has 18 heavy (non-hydrogen) atoms. The molecule has 1 aromatic heterocycles. The van der Waals surface area contributed by atoms with Gasteiger partial charge in [0.25, 0.3) is 0 Å². The van der Waals surface area contributed by atoms with Gasteiger partial charge in [-0.25, -0.2) is 4.98 Å². The molecular formula is C14H21N3O. The highest BCUT2D eigenvalue weighted by Gasteiger charge is 2.18. The van der Waals surface area contributed by atoms with Crippen molar-refractivity contribution in [2.24, 2.45) is 11.7 Å². The molecule has 3 N–H and O–H groups in total. The zero-order valence-corrected chi connectivity index (χ0v) is 11.2. The topological polar surface area (TPSA) is 64.1 Å². The summed E-state index contributed by atoms with van der Waals surface area (Å²) in [5, 5.41) is 3.20. The molecule has 0 radical (unpaired) electrons. The normalized spacial score (nSPS) is 14.9. The Hall–Kier alpha value is -1.39. The Kier molecular flexibility index (Phi) is 3.99. The lowest BCUT2D eigenvalue weighted by Crippen LogP contribution is -2.29. The van der Waals surface area contributed by atoms with E-state index < -0.39 is 0 Å². The maximum absolute atomic E-state index is 6.34. The Morgan fingerprint density at radius 3 is 2.89 bits per heavy atom. The molecule has 0 spiro atoms. The van der Waals surface area contributed by atoms with E-state index in [-0.39, 0.29) is 6.04 Å². The van der Waals surface area contributed by atoms with Crippen molar-refractivity contribution < 1.29 is 4.42 Å². The maximum atomic E-state index is 6.34. The first kappa shape index (κ1) is 13.1. The molecule has 0 aliphatic heterocycles. The Balaban J connectivity index is 2.28. The van der Waals surface area contributed by atoms with Gasteiger partial charge in [-0.2, -0.15) is 0 Å². The number of nitrogens with zero attached hydrogens (tertiary/aromatic N) is 1. The van der Waals surface area contributed by atoms with Crippen molar-refractivity contribution in [2.45, 2.75) is 26.3 Å². The zero-order chi connectivity index (χ0) is 13.1. The fourth-order valence-corrected chi connectivity index (χ4v) is 2.33. The van der Waals surface area contributed by atoms with Crippen LogP contribution in [0.3, 0.4) is 0 Å². The van der Waals surface area contributed by atoms with E-state index >= 15 is 0 Å². The van der Waals surface area contributed by atoms with Crippen LogP contribution in [0.1, 0.15) is 30.8 Å². The Morgan fingerprint density at radius 2 is 2.22 bits per heavy atom. The first-order chi connectivity index (χ1) is 8.65. The summed E-state index contributed by atoms with van der Waals surface area (Å²) in [4.78, 5) is 4.35. The molecule has 0 bridgehead atoms. The summed E-state index contributed by atoms with van der Waals surface area (Å²) in [6, 6.07) is 6.06. The number of benzene rings is 1. The van der Waals surface area contributed by atoms with E-state index in [9.17, 15) is 0 Å². The molecule has 0 aliphatic carbocycles. The summed E-state index contributed by atoms with van der Waals surface area (Å²) >= 11 is 0. The predicted octanol–water partition coefficient (Wildman–Crippen LogP) is 2.38. The van der Waals surface area contributed by atoms with E-state index in [1.165, 1.54) is 0 Å². The van der Waals surface area contributed by atoms with Crippen molar-refractivity contribution in [1.29, 1.82) is 0 Å². The van der Waals surface area contributed by atoms with E-state index in [1.54, 1.807) is 0 Å². The minimum atomic E-state index is 0.0313. The molecule has 2 atom stereocenters. The van der Waals surface area contributed by atoms with Crippen molar-refractivity contribution in [3.63, 3.8) is 0 Å². The van der Waals surface area contributed by atoms with Crippen LogP contribution >= 0.6 is 0 Å². The summed E-state index contributed by atoms with van der Waals surface area (Å²) in [5.41, 5.74) is 9.17. The van der Waals surface area contributed by atoms with Gasteiger partial charge >= 0.3 is 0 Å². The molecule has 1 heterocycles. The molecule has 0 fully saturated rings. The van der Waals surface area contributed by atoms with Crippen LogP contribution < -0.4 is 11.1 Å². The van der Waals surface area contributed by atoms with Gasteiger partial charge in [0.1, 0.15) is 5.52 Å². The number of nitrogens with one attached hydrogen (secondary N) is 1. The van der Waals surface area contributed by atoms with E-state index in [0.29, 0.717) is 11.8 Å². The highest BCUT2D eigenvalue weighted by molar-refractivity contribution is 5.73. The van der Waals surface area contributed by atoms with Crippen LogP contribution in [0.2, 0.25) is 0 Å². The smallest absolute Gasteiger partial charge is 0.192 e. The number of aromatic nitrogens is 1. The van der Waals surface area contributed by atoms with E-state index in [2.05, 4.69) is 17.2 Å². The fourth-order valence-electron chi connectivity index (χ4n) is 2.33. The van der Waals surface area contributed by atoms with Gasteiger partial charge in [0.15, 0.2) is 11.5 Å². The SMILES string of the molecule is CCC(CNC)C(N)c1ccc2oc(C)nc2c1.